The van der Waals surface area contributed by atoms with Gasteiger partial charge in [0.25, 0.3) is 0 Å². The van der Waals surface area contributed by atoms with Gasteiger partial charge in [0.15, 0.2) is 23.0 Å². The second kappa shape index (κ2) is 11.7. The molecule has 7 heteroatoms. The summed E-state index contributed by atoms with van der Waals surface area (Å²) in [5, 5.41) is 3.47. The Labute approximate surface area is 196 Å². The van der Waals surface area contributed by atoms with Crippen molar-refractivity contribution in [1.29, 1.82) is 0 Å². The van der Waals surface area contributed by atoms with Crippen LogP contribution in [0.25, 0.3) is 0 Å². The maximum Gasteiger partial charge on any atom is 0.167 e. The van der Waals surface area contributed by atoms with E-state index in [0.29, 0.717) is 30.4 Å². The van der Waals surface area contributed by atoms with E-state index in [9.17, 15) is 4.39 Å². The summed E-state index contributed by atoms with van der Waals surface area (Å²) in [6, 6.07) is 16.0. The standard InChI is InChI=1S/C25H27BrFNO4/c1-29-22-10-6-17(14-24(22)31-3)12-13-28-15-20-21(26)9-11-23(30-2)25(20)32-16-18-4-7-19(27)8-5-18/h4-11,14,28H,12-13,15-16H2,1-3H3. The van der Waals surface area contributed by atoms with Gasteiger partial charge in [-0.1, -0.05) is 34.1 Å². The summed E-state index contributed by atoms with van der Waals surface area (Å²) >= 11 is 3.62. The Morgan fingerprint density at radius 3 is 2.16 bits per heavy atom. The minimum Gasteiger partial charge on any atom is -0.493 e. The number of methoxy groups -OCH3 is 3. The van der Waals surface area contributed by atoms with Gasteiger partial charge in [0.05, 0.1) is 21.3 Å². The average Bonchev–Trinajstić information content (AvgIpc) is 2.82. The van der Waals surface area contributed by atoms with Crippen LogP contribution in [0, 0.1) is 5.82 Å². The first kappa shape index (κ1) is 23.9. The molecule has 3 rings (SSSR count). The fourth-order valence-corrected chi connectivity index (χ4v) is 3.74. The number of halogens is 2. The van der Waals surface area contributed by atoms with Gasteiger partial charge in [0.2, 0.25) is 0 Å². The van der Waals surface area contributed by atoms with E-state index in [4.69, 9.17) is 18.9 Å². The van der Waals surface area contributed by atoms with Gasteiger partial charge >= 0.3 is 0 Å². The Morgan fingerprint density at radius 2 is 1.47 bits per heavy atom. The third kappa shape index (κ3) is 6.14. The summed E-state index contributed by atoms with van der Waals surface area (Å²) in [6.07, 6.45) is 0.827. The van der Waals surface area contributed by atoms with Gasteiger partial charge in [0.1, 0.15) is 12.4 Å². The number of ether oxygens (including phenoxy) is 4. The molecule has 32 heavy (non-hydrogen) atoms. The van der Waals surface area contributed by atoms with Gasteiger partial charge in [-0.15, -0.1) is 0 Å². The highest BCUT2D eigenvalue weighted by molar-refractivity contribution is 9.10. The zero-order valence-corrected chi connectivity index (χ0v) is 20.0. The van der Waals surface area contributed by atoms with Crippen LogP contribution in [0.1, 0.15) is 16.7 Å². The van der Waals surface area contributed by atoms with E-state index in [1.807, 2.05) is 30.3 Å². The molecule has 0 bridgehead atoms. The first-order valence-corrected chi connectivity index (χ1v) is 11.0. The SMILES string of the molecule is COc1ccc(CCNCc2c(Br)ccc(OC)c2OCc2ccc(F)cc2)cc1OC. The molecule has 0 aliphatic rings. The van der Waals surface area contributed by atoms with Crippen molar-refractivity contribution in [2.45, 2.75) is 19.6 Å². The van der Waals surface area contributed by atoms with Crippen molar-refractivity contribution in [3.8, 4) is 23.0 Å². The molecule has 1 N–H and O–H groups in total. The molecule has 170 valence electrons. The summed E-state index contributed by atoms with van der Waals surface area (Å²) in [5.74, 6) is 2.47. The molecule has 0 saturated carbocycles. The summed E-state index contributed by atoms with van der Waals surface area (Å²) in [7, 11) is 4.87. The molecule has 3 aromatic rings. The summed E-state index contributed by atoms with van der Waals surface area (Å²) in [5.41, 5.74) is 2.98. The predicted octanol–water partition coefficient (Wildman–Crippen LogP) is 5.53. The molecule has 0 heterocycles. The molecule has 0 unspecified atom stereocenters. The minimum absolute atomic E-state index is 0.270. The Hall–Kier alpha value is -2.77. The van der Waals surface area contributed by atoms with Crippen LogP contribution in [-0.4, -0.2) is 27.9 Å². The van der Waals surface area contributed by atoms with Crippen LogP contribution in [-0.2, 0) is 19.6 Å². The lowest BCUT2D eigenvalue weighted by Crippen LogP contribution is -2.18. The molecule has 0 aromatic heterocycles. The molecular weight excluding hydrogens is 477 g/mol. The van der Waals surface area contributed by atoms with E-state index in [0.717, 1.165) is 39.9 Å². The zero-order chi connectivity index (χ0) is 22.9. The Kier molecular flexibility index (Phi) is 8.76. The average molecular weight is 504 g/mol. The zero-order valence-electron chi connectivity index (χ0n) is 18.4. The van der Waals surface area contributed by atoms with Gasteiger partial charge in [-0.05, 0) is 60.5 Å². The summed E-state index contributed by atoms with van der Waals surface area (Å²) in [6.45, 7) is 1.66. The normalized spacial score (nSPS) is 10.7. The summed E-state index contributed by atoms with van der Waals surface area (Å²) in [4.78, 5) is 0. The molecule has 0 spiro atoms. The van der Waals surface area contributed by atoms with Crippen LogP contribution in [0.5, 0.6) is 23.0 Å². The van der Waals surface area contributed by atoms with Gasteiger partial charge in [-0.3, -0.25) is 0 Å². The minimum atomic E-state index is -0.270. The van der Waals surface area contributed by atoms with E-state index >= 15 is 0 Å². The molecule has 0 fully saturated rings. The molecule has 5 nitrogen and oxygen atoms in total. The number of hydrogen-bond donors (Lipinski definition) is 1. The number of nitrogens with one attached hydrogen (secondary N) is 1. The predicted molar refractivity (Wildman–Crippen MR) is 126 cm³/mol. The lowest BCUT2D eigenvalue weighted by molar-refractivity contribution is 0.280. The van der Waals surface area contributed by atoms with E-state index in [-0.39, 0.29) is 5.82 Å². The van der Waals surface area contributed by atoms with Crippen LogP contribution in [0.4, 0.5) is 4.39 Å². The van der Waals surface area contributed by atoms with Gasteiger partial charge in [-0.25, -0.2) is 4.39 Å². The highest BCUT2D eigenvalue weighted by atomic mass is 79.9. The fourth-order valence-electron chi connectivity index (χ4n) is 3.28. The smallest absolute Gasteiger partial charge is 0.167 e. The van der Waals surface area contributed by atoms with Gasteiger partial charge in [0, 0.05) is 16.6 Å². The van der Waals surface area contributed by atoms with E-state index < -0.39 is 0 Å². The fraction of sp³-hybridized carbons (Fsp3) is 0.280. The Bertz CT molecular complexity index is 1030. The van der Waals surface area contributed by atoms with Crippen molar-refractivity contribution < 1.29 is 23.3 Å². The summed E-state index contributed by atoms with van der Waals surface area (Å²) < 4.78 is 36.4. The monoisotopic (exact) mass is 503 g/mol. The molecule has 0 aliphatic carbocycles. The first-order chi connectivity index (χ1) is 15.5. The molecule has 0 amide bonds. The maximum atomic E-state index is 13.2. The number of rotatable bonds is 11. The van der Waals surface area contributed by atoms with Crippen LogP contribution >= 0.6 is 15.9 Å². The number of hydrogen-bond acceptors (Lipinski definition) is 5. The second-order valence-corrected chi connectivity index (χ2v) is 7.94. The third-order valence-electron chi connectivity index (χ3n) is 5.02. The van der Waals surface area contributed by atoms with E-state index in [1.54, 1.807) is 33.5 Å². The van der Waals surface area contributed by atoms with Gasteiger partial charge < -0.3 is 24.3 Å². The van der Waals surface area contributed by atoms with Crippen molar-refractivity contribution in [3.05, 3.63) is 81.6 Å². The molecular formula is C25H27BrFNO4. The number of benzene rings is 3. The van der Waals surface area contributed by atoms with Gasteiger partial charge in [-0.2, -0.15) is 0 Å². The van der Waals surface area contributed by atoms with Crippen molar-refractivity contribution >= 4 is 15.9 Å². The maximum absolute atomic E-state index is 13.2. The van der Waals surface area contributed by atoms with Crippen LogP contribution in [0.2, 0.25) is 0 Å². The van der Waals surface area contributed by atoms with E-state index in [2.05, 4.69) is 21.2 Å². The second-order valence-electron chi connectivity index (χ2n) is 7.09. The van der Waals surface area contributed by atoms with Crippen LogP contribution in [0.3, 0.4) is 0 Å². The Morgan fingerprint density at radius 1 is 0.812 bits per heavy atom. The van der Waals surface area contributed by atoms with Crippen molar-refractivity contribution in [1.82, 2.24) is 5.32 Å². The third-order valence-corrected chi connectivity index (χ3v) is 5.77. The highest BCUT2D eigenvalue weighted by Crippen LogP contribution is 2.37. The topological polar surface area (TPSA) is 49.0 Å². The first-order valence-electron chi connectivity index (χ1n) is 10.2. The van der Waals surface area contributed by atoms with Crippen molar-refractivity contribution in [2.75, 3.05) is 27.9 Å². The Balaban J connectivity index is 1.65. The lowest BCUT2D eigenvalue weighted by Gasteiger charge is -2.17. The molecule has 3 aromatic carbocycles. The molecule has 0 radical (unpaired) electrons. The molecule has 0 aliphatic heterocycles. The van der Waals surface area contributed by atoms with Crippen molar-refractivity contribution in [2.24, 2.45) is 0 Å². The van der Waals surface area contributed by atoms with E-state index in [1.165, 1.54) is 12.1 Å². The highest BCUT2D eigenvalue weighted by Gasteiger charge is 2.15. The molecule has 0 atom stereocenters. The lowest BCUT2D eigenvalue weighted by atomic mass is 10.1. The molecule has 0 saturated heterocycles. The van der Waals surface area contributed by atoms with Crippen LogP contribution in [0.15, 0.2) is 59.1 Å². The largest absolute Gasteiger partial charge is 0.493 e. The van der Waals surface area contributed by atoms with Crippen molar-refractivity contribution in [3.63, 3.8) is 0 Å². The van der Waals surface area contributed by atoms with Crippen LogP contribution < -0.4 is 24.3 Å². The quantitative estimate of drug-likeness (QED) is 0.349.